The van der Waals surface area contributed by atoms with Crippen molar-refractivity contribution in [2.45, 2.75) is 44.4 Å². The van der Waals surface area contributed by atoms with Gasteiger partial charge in [0.1, 0.15) is 11.6 Å². The second-order valence-electron chi connectivity index (χ2n) is 7.11. The van der Waals surface area contributed by atoms with Gasteiger partial charge in [-0.2, -0.15) is 13.2 Å². The second kappa shape index (κ2) is 8.24. The Morgan fingerprint density at radius 1 is 1.28 bits per heavy atom. The topological polar surface area (TPSA) is 107 Å². The molecule has 2 atom stereocenters. The van der Waals surface area contributed by atoms with Crippen LogP contribution in [0.15, 0.2) is 24.3 Å². The van der Waals surface area contributed by atoms with Gasteiger partial charge in [-0.3, -0.25) is 4.79 Å². The van der Waals surface area contributed by atoms with Crippen LogP contribution in [0.2, 0.25) is 0 Å². The molecule has 0 amide bonds. The Hall–Kier alpha value is -2.88. The average Bonchev–Trinajstić information content (AvgIpc) is 2.63. The summed E-state index contributed by atoms with van der Waals surface area (Å²) in [5.74, 6) is -0.850. The first kappa shape index (κ1) is 20.8. The lowest BCUT2D eigenvalue weighted by atomic mass is 9.98. The van der Waals surface area contributed by atoms with Gasteiger partial charge in [-0.15, -0.1) is 10.2 Å². The van der Waals surface area contributed by atoms with Gasteiger partial charge in [-0.25, -0.2) is 0 Å². The number of carboxylic acid groups (broad SMARTS) is 1. The zero-order valence-corrected chi connectivity index (χ0v) is 15.6. The van der Waals surface area contributed by atoms with Gasteiger partial charge in [-0.1, -0.05) is 0 Å². The summed E-state index contributed by atoms with van der Waals surface area (Å²) in [5, 5.41) is 33.4. The second-order valence-corrected chi connectivity index (χ2v) is 7.11. The highest BCUT2D eigenvalue weighted by molar-refractivity contribution is 5.70. The van der Waals surface area contributed by atoms with E-state index in [9.17, 15) is 23.1 Å². The number of halogens is 3. The van der Waals surface area contributed by atoms with Crippen molar-refractivity contribution < 1.29 is 28.2 Å². The number of carboxylic acids is 1. The Morgan fingerprint density at radius 3 is 2.59 bits per heavy atom. The van der Waals surface area contributed by atoms with E-state index in [4.69, 9.17) is 5.11 Å². The minimum absolute atomic E-state index is 0.0524. The standard InChI is InChI=1S/C19H21F3N4O3/c1-10-6-16(24-13-4-3-12(23-9-13)8-17(28)29)25-26-18(10)14-5-2-11(7-15(14)27)19(20,21)22/h2,5-7,12-13,23,27H,3-4,8-9H2,1H3,(H,24,25)(H,28,29)/t12-,13+/m0/s1. The SMILES string of the molecule is Cc1cc(N[C@@H]2CC[C@@H](CC(=O)O)NC2)nnc1-c1ccc(C(F)(F)F)cc1O. The van der Waals surface area contributed by atoms with Crippen LogP contribution >= 0.6 is 0 Å². The minimum Gasteiger partial charge on any atom is -0.507 e. The van der Waals surface area contributed by atoms with Crippen molar-refractivity contribution in [3.63, 3.8) is 0 Å². The maximum absolute atomic E-state index is 12.8. The number of aromatic nitrogens is 2. The molecule has 0 bridgehead atoms. The molecule has 10 heteroatoms. The maximum atomic E-state index is 12.8. The van der Waals surface area contributed by atoms with Gasteiger partial charge in [0.25, 0.3) is 0 Å². The number of aryl methyl sites for hydroxylation is 1. The van der Waals surface area contributed by atoms with E-state index < -0.39 is 23.5 Å². The van der Waals surface area contributed by atoms with E-state index in [1.807, 2.05) is 0 Å². The maximum Gasteiger partial charge on any atom is 0.416 e. The first-order chi connectivity index (χ1) is 13.6. The summed E-state index contributed by atoms with van der Waals surface area (Å²) in [6.07, 6.45) is -2.97. The van der Waals surface area contributed by atoms with Crippen LogP contribution in [0, 0.1) is 6.92 Å². The largest absolute Gasteiger partial charge is 0.507 e. The molecule has 2 aromatic rings. The van der Waals surface area contributed by atoms with Gasteiger partial charge < -0.3 is 20.8 Å². The number of carbonyl (C=O) groups is 1. The third kappa shape index (κ3) is 5.14. The van der Waals surface area contributed by atoms with Crippen molar-refractivity contribution in [3.8, 4) is 17.0 Å². The normalized spacial score (nSPS) is 19.7. The number of nitrogens with zero attached hydrogens (tertiary/aromatic N) is 2. The number of benzene rings is 1. The summed E-state index contributed by atoms with van der Waals surface area (Å²) < 4.78 is 38.3. The van der Waals surface area contributed by atoms with Crippen LogP contribution < -0.4 is 10.6 Å². The Balaban J connectivity index is 1.69. The summed E-state index contributed by atoms with van der Waals surface area (Å²) in [5.41, 5.74) is 0.175. The summed E-state index contributed by atoms with van der Waals surface area (Å²) in [7, 11) is 0. The van der Waals surface area contributed by atoms with E-state index in [2.05, 4.69) is 20.8 Å². The predicted molar refractivity (Wildman–Crippen MR) is 99.6 cm³/mol. The number of phenolic OH excluding ortho intramolecular Hbond substituents is 1. The number of hydrogen-bond acceptors (Lipinski definition) is 6. The smallest absolute Gasteiger partial charge is 0.416 e. The number of phenols is 1. The third-order valence-electron chi connectivity index (χ3n) is 4.85. The van der Waals surface area contributed by atoms with Crippen molar-refractivity contribution in [2.75, 3.05) is 11.9 Å². The fraction of sp³-hybridized carbons (Fsp3) is 0.421. The van der Waals surface area contributed by atoms with E-state index in [0.717, 1.165) is 12.5 Å². The van der Waals surface area contributed by atoms with Gasteiger partial charge in [0.15, 0.2) is 0 Å². The Bertz CT molecular complexity index is 897. The molecular weight excluding hydrogens is 389 g/mol. The molecule has 0 radical (unpaired) electrons. The number of anilines is 1. The molecule has 7 nitrogen and oxygen atoms in total. The molecular formula is C19H21F3N4O3. The number of rotatable bonds is 5. The molecule has 1 saturated heterocycles. The van der Waals surface area contributed by atoms with Crippen molar-refractivity contribution in [1.29, 1.82) is 0 Å². The Morgan fingerprint density at radius 2 is 2.03 bits per heavy atom. The number of aromatic hydroxyl groups is 1. The summed E-state index contributed by atoms with van der Waals surface area (Å²) >= 11 is 0. The monoisotopic (exact) mass is 410 g/mol. The van der Waals surface area contributed by atoms with Gasteiger partial charge >= 0.3 is 12.1 Å². The molecule has 0 unspecified atom stereocenters. The van der Waals surface area contributed by atoms with E-state index in [0.29, 0.717) is 36.1 Å². The molecule has 1 aliphatic heterocycles. The van der Waals surface area contributed by atoms with Gasteiger partial charge in [0.2, 0.25) is 0 Å². The Kier molecular flexibility index (Phi) is 5.92. The van der Waals surface area contributed by atoms with Crippen LogP contribution in [0.4, 0.5) is 19.0 Å². The molecule has 1 aromatic heterocycles. The molecule has 0 aliphatic carbocycles. The van der Waals surface area contributed by atoms with Gasteiger partial charge in [0, 0.05) is 24.2 Å². The number of nitrogens with one attached hydrogen (secondary N) is 2. The first-order valence-corrected chi connectivity index (χ1v) is 9.10. The summed E-state index contributed by atoms with van der Waals surface area (Å²) in [6, 6.07) is 4.45. The molecule has 1 aromatic carbocycles. The van der Waals surface area contributed by atoms with Crippen LogP contribution in [0.3, 0.4) is 0 Å². The van der Waals surface area contributed by atoms with E-state index >= 15 is 0 Å². The average molecular weight is 410 g/mol. The molecule has 4 N–H and O–H groups in total. The number of alkyl halides is 3. The summed E-state index contributed by atoms with van der Waals surface area (Å²) in [4.78, 5) is 10.8. The van der Waals surface area contributed by atoms with Crippen LogP contribution in [0.5, 0.6) is 5.75 Å². The molecule has 0 spiro atoms. The first-order valence-electron chi connectivity index (χ1n) is 9.10. The summed E-state index contributed by atoms with van der Waals surface area (Å²) in [6.45, 7) is 2.31. The highest BCUT2D eigenvalue weighted by Crippen LogP contribution is 2.36. The van der Waals surface area contributed by atoms with E-state index in [1.54, 1.807) is 13.0 Å². The van der Waals surface area contributed by atoms with E-state index in [-0.39, 0.29) is 24.1 Å². The van der Waals surface area contributed by atoms with Gasteiger partial charge in [0.05, 0.1) is 17.7 Å². The molecule has 156 valence electrons. The zero-order valence-electron chi connectivity index (χ0n) is 15.6. The van der Waals surface area contributed by atoms with Crippen LogP contribution in [-0.2, 0) is 11.0 Å². The highest BCUT2D eigenvalue weighted by Gasteiger charge is 2.31. The molecule has 2 heterocycles. The van der Waals surface area contributed by atoms with Crippen LogP contribution in [0.25, 0.3) is 11.3 Å². The molecule has 1 fully saturated rings. The molecule has 3 rings (SSSR count). The minimum atomic E-state index is -4.54. The van der Waals surface area contributed by atoms with Crippen LogP contribution in [0.1, 0.15) is 30.4 Å². The number of piperidine rings is 1. The Labute approximate surface area is 165 Å². The van der Waals surface area contributed by atoms with Crippen LogP contribution in [-0.4, -0.2) is 45.0 Å². The van der Waals surface area contributed by atoms with Crippen molar-refractivity contribution >= 4 is 11.8 Å². The third-order valence-corrected chi connectivity index (χ3v) is 4.85. The fourth-order valence-corrected chi connectivity index (χ4v) is 3.36. The lowest BCUT2D eigenvalue weighted by Gasteiger charge is -2.30. The van der Waals surface area contributed by atoms with Crippen molar-refractivity contribution in [2.24, 2.45) is 0 Å². The number of hydrogen-bond donors (Lipinski definition) is 4. The quantitative estimate of drug-likeness (QED) is 0.600. The fourth-order valence-electron chi connectivity index (χ4n) is 3.36. The lowest BCUT2D eigenvalue weighted by Crippen LogP contribution is -2.45. The molecule has 0 saturated carbocycles. The highest BCUT2D eigenvalue weighted by atomic mass is 19.4. The molecule has 29 heavy (non-hydrogen) atoms. The van der Waals surface area contributed by atoms with E-state index in [1.165, 1.54) is 6.07 Å². The predicted octanol–water partition coefficient (Wildman–Crippen LogP) is 3.18. The van der Waals surface area contributed by atoms with Crippen molar-refractivity contribution in [1.82, 2.24) is 15.5 Å². The number of aliphatic carboxylic acids is 1. The zero-order chi connectivity index (χ0) is 21.2. The molecule has 1 aliphatic rings. The van der Waals surface area contributed by atoms with Crippen molar-refractivity contribution in [3.05, 3.63) is 35.4 Å². The lowest BCUT2D eigenvalue weighted by molar-refractivity contribution is -0.138. The van der Waals surface area contributed by atoms with Gasteiger partial charge in [-0.05, 0) is 49.6 Å².